The number of nitrogens with one attached hydrogen (secondary N) is 1. The van der Waals surface area contributed by atoms with Gasteiger partial charge in [-0.25, -0.2) is 13.6 Å². The zero-order valence-corrected chi connectivity index (χ0v) is 17.3. The molecular formula is C23H26N2O3S. The Kier molecular flexibility index (Phi) is 7.04. The molecule has 0 unspecified atom stereocenters. The lowest BCUT2D eigenvalue weighted by Crippen LogP contribution is -2.17. The van der Waals surface area contributed by atoms with Crippen molar-refractivity contribution < 1.29 is 13.2 Å². The monoisotopic (exact) mass is 410 g/mol. The molecule has 0 aliphatic carbocycles. The largest absolute Gasteiger partial charge is 0.489 e. The fraction of sp³-hybridized carbons (Fsp3) is 0.217. The van der Waals surface area contributed by atoms with E-state index in [1.165, 1.54) is 5.56 Å². The average Bonchev–Trinajstić information content (AvgIpc) is 2.71. The molecule has 0 bridgehead atoms. The molecule has 0 aromatic heterocycles. The van der Waals surface area contributed by atoms with Gasteiger partial charge >= 0.3 is 0 Å². The topological polar surface area (TPSA) is 81.4 Å². The van der Waals surface area contributed by atoms with Gasteiger partial charge < -0.3 is 10.1 Å². The highest BCUT2D eigenvalue weighted by Gasteiger charge is 2.07. The predicted molar refractivity (Wildman–Crippen MR) is 115 cm³/mol. The van der Waals surface area contributed by atoms with Crippen molar-refractivity contribution in [1.29, 1.82) is 0 Å². The summed E-state index contributed by atoms with van der Waals surface area (Å²) in [6.45, 7) is 4.06. The molecule has 0 saturated heterocycles. The highest BCUT2D eigenvalue weighted by Crippen LogP contribution is 2.19. The number of sulfonamides is 1. The van der Waals surface area contributed by atoms with Crippen LogP contribution in [0.3, 0.4) is 0 Å². The molecule has 152 valence electrons. The van der Waals surface area contributed by atoms with E-state index < -0.39 is 10.0 Å². The summed E-state index contributed by atoms with van der Waals surface area (Å²) >= 11 is 0. The van der Waals surface area contributed by atoms with Crippen molar-refractivity contribution in [3.05, 3.63) is 95.1 Å². The molecule has 0 amide bonds. The van der Waals surface area contributed by atoms with E-state index in [9.17, 15) is 8.42 Å². The molecule has 29 heavy (non-hydrogen) atoms. The summed E-state index contributed by atoms with van der Waals surface area (Å²) in [5, 5.41) is 8.54. The third kappa shape index (κ3) is 6.42. The first-order chi connectivity index (χ1) is 13.9. The van der Waals surface area contributed by atoms with Gasteiger partial charge in [0.1, 0.15) is 12.4 Å². The Balaban J connectivity index is 1.50. The van der Waals surface area contributed by atoms with Crippen LogP contribution in [0.25, 0.3) is 0 Å². The van der Waals surface area contributed by atoms with Crippen molar-refractivity contribution in [2.75, 3.05) is 6.54 Å². The van der Waals surface area contributed by atoms with Crippen LogP contribution in [-0.2, 0) is 29.6 Å². The molecule has 0 aliphatic rings. The molecule has 3 N–H and O–H groups in total. The van der Waals surface area contributed by atoms with Gasteiger partial charge in [-0.3, -0.25) is 0 Å². The van der Waals surface area contributed by atoms with Crippen LogP contribution in [0.5, 0.6) is 5.75 Å². The van der Waals surface area contributed by atoms with Gasteiger partial charge in [0.05, 0.1) is 4.90 Å². The summed E-state index contributed by atoms with van der Waals surface area (Å²) in [5.41, 5.74) is 4.52. The fourth-order valence-electron chi connectivity index (χ4n) is 2.94. The lowest BCUT2D eigenvalue weighted by molar-refractivity contribution is 0.302. The molecule has 0 heterocycles. The van der Waals surface area contributed by atoms with Crippen molar-refractivity contribution in [2.45, 2.75) is 31.4 Å². The highest BCUT2D eigenvalue weighted by atomic mass is 32.2. The van der Waals surface area contributed by atoms with E-state index in [0.29, 0.717) is 13.2 Å². The Bertz CT molecular complexity index is 1030. The smallest absolute Gasteiger partial charge is 0.238 e. The van der Waals surface area contributed by atoms with Gasteiger partial charge in [-0.05, 0) is 49.2 Å². The van der Waals surface area contributed by atoms with Crippen LogP contribution < -0.4 is 15.2 Å². The number of hydrogen-bond donors (Lipinski definition) is 2. The summed E-state index contributed by atoms with van der Waals surface area (Å²) in [5.74, 6) is 0.873. The van der Waals surface area contributed by atoms with Crippen LogP contribution in [0.1, 0.15) is 22.3 Å². The molecule has 3 aromatic rings. The van der Waals surface area contributed by atoms with Gasteiger partial charge in [-0.1, -0.05) is 60.2 Å². The molecule has 0 spiro atoms. The number of para-hydroxylation sites is 1. The third-order valence-corrected chi connectivity index (χ3v) is 5.57. The minimum atomic E-state index is -3.64. The zero-order valence-electron chi connectivity index (χ0n) is 16.5. The summed E-state index contributed by atoms with van der Waals surface area (Å²) in [7, 11) is -3.64. The summed E-state index contributed by atoms with van der Waals surface area (Å²) in [4.78, 5) is 0.133. The third-order valence-electron chi connectivity index (χ3n) is 4.65. The second-order valence-corrected chi connectivity index (χ2v) is 8.56. The second-order valence-electron chi connectivity index (χ2n) is 7.00. The normalized spacial score (nSPS) is 11.4. The number of benzene rings is 3. The molecule has 3 aromatic carbocycles. The van der Waals surface area contributed by atoms with Gasteiger partial charge in [-0.15, -0.1) is 0 Å². The zero-order chi connectivity index (χ0) is 20.7. The van der Waals surface area contributed by atoms with Crippen LogP contribution in [-0.4, -0.2) is 15.0 Å². The molecule has 0 aliphatic heterocycles. The van der Waals surface area contributed by atoms with Gasteiger partial charge in [0.15, 0.2) is 0 Å². The van der Waals surface area contributed by atoms with Crippen LogP contribution in [0.15, 0.2) is 77.7 Å². The standard InChI is InChI=1S/C23H26N2O3S/c1-18-6-8-20(9-7-18)17-28-23-5-3-2-4-21(23)16-25-15-14-19-10-12-22(13-11-19)29(24,26)27/h2-13,25H,14-17H2,1H3,(H2,24,26,27). The Morgan fingerprint density at radius 1 is 0.897 bits per heavy atom. The summed E-state index contributed by atoms with van der Waals surface area (Å²) in [6, 6.07) is 23.0. The second kappa shape index (κ2) is 9.69. The summed E-state index contributed by atoms with van der Waals surface area (Å²) < 4.78 is 28.6. The number of hydrogen-bond acceptors (Lipinski definition) is 4. The Morgan fingerprint density at radius 2 is 1.55 bits per heavy atom. The average molecular weight is 411 g/mol. The van der Waals surface area contributed by atoms with Gasteiger partial charge in [0.25, 0.3) is 0 Å². The van der Waals surface area contributed by atoms with Gasteiger partial charge in [0, 0.05) is 12.1 Å². The molecule has 3 rings (SSSR count). The van der Waals surface area contributed by atoms with Crippen LogP contribution in [0.2, 0.25) is 0 Å². The number of ether oxygens (including phenoxy) is 1. The summed E-state index contributed by atoms with van der Waals surface area (Å²) in [6.07, 6.45) is 0.789. The maximum Gasteiger partial charge on any atom is 0.238 e. The first kappa shape index (κ1) is 21.0. The van der Waals surface area contributed by atoms with Crippen molar-refractivity contribution in [3.63, 3.8) is 0 Å². The molecule has 0 saturated carbocycles. The lowest BCUT2D eigenvalue weighted by atomic mass is 10.1. The van der Waals surface area contributed by atoms with Crippen LogP contribution >= 0.6 is 0 Å². The van der Waals surface area contributed by atoms with Crippen LogP contribution in [0, 0.1) is 6.92 Å². The minimum absolute atomic E-state index is 0.133. The van der Waals surface area contributed by atoms with E-state index >= 15 is 0 Å². The van der Waals surface area contributed by atoms with Gasteiger partial charge in [-0.2, -0.15) is 0 Å². The van der Waals surface area contributed by atoms with E-state index in [1.54, 1.807) is 24.3 Å². The molecule has 0 atom stereocenters. The number of aryl methyl sites for hydroxylation is 1. The maximum atomic E-state index is 11.3. The maximum absolute atomic E-state index is 11.3. The predicted octanol–water partition coefficient (Wildman–Crippen LogP) is 3.55. The Morgan fingerprint density at radius 3 is 2.24 bits per heavy atom. The molecule has 0 radical (unpaired) electrons. The molecule has 0 fully saturated rings. The van der Waals surface area contributed by atoms with E-state index in [-0.39, 0.29) is 4.90 Å². The highest BCUT2D eigenvalue weighted by molar-refractivity contribution is 7.89. The van der Waals surface area contributed by atoms with E-state index in [4.69, 9.17) is 9.88 Å². The number of nitrogens with two attached hydrogens (primary N) is 1. The first-order valence-corrected chi connectivity index (χ1v) is 11.1. The van der Waals surface area contributed by atoms with Crippen molar-refractivity contribution in [3.8, 4) is 5.75 Å². The Labute approximate surface area is 172 Å². The van der Waals surface area contributed by atoms with Crippen LogP contribution in [0.4, 0.5) is 0 Å². The van der Waals surface area contributed by atoms with E-state index in [1.807, 2.05) is 18.2 Å². The van der Waals surface area contributed by atoms with Crippen molar-refractivity contribution >= 4 is 10.0 Å². The number of primary sulfonamides is 1. The van der Waals surface area contributed by atoms with E-state index in [2.05, 4.69) is 42.6 Å². The Hall–Kier alpha value is -2.67. The van der Waals surface area contributed by atoms with E-state index in [0.717, 1.165) is 35.4 Å². The first-order valence-electron chi connectivity index (χ1n) is 9.50. The molecule has 6 heteroatoms. The van der Waals surface area contributed by atoms with Gasteiger partial charge in [0.2, 0.25) is 10.0 Å². The molecular weight excluding hydrogens is 384 g/mol. The van der Waals surface area contributed by atoms with Crippen molar-refractivity contribution in [1.82, 2.24) is 5.32 Å². The number of rotatable bonds is 9. The minimum Gasteiger partial charge on any atom is -0.489 e. The molecule has 5 nitrogen and oxygen atoms in total. The SMILES string of the molecule is Cc1ccc(COc2ccccc2CNCCc2ccc(S(N)(=O)=O)cc2)cc1. The fourth-order valence-corrected chi connectivity index (χ4v) is 3.45. The van der Waals surface area contributed by atoms with Crippen molar-refractivity contribution in [2.24, 2.45) is 5.14 Å². The lowest BCUT2D eigenvalue weighted by Gasteiger charge is -2.12. The quantitative estimate of drug-likeness (QED) is 0.529.